The molecule has 0 radical (unpaired) electrons. The number of benzene rings is 2. The third-order valence-electron chi connectivity index (χ3n) is 3.58. The number of carbonyl (C=O) groups is 1. The summed E-state index contributed by atoms with van der Waals surface area (Å²) in [5.41, 5.74) is 2.18. The van der Waals surface area contributed by atoms with Crippen molar-refractivity contribution >= 4 is 28.4 Å². The molecule has 2 aromatic heterocycles. The largest absolute Gasteiger partial charge is 0.283 e. The SMILES string of the molecule is O=C(c1cccc(Cl)c1)n1ccc2cc(-c3nn[nH]n3)ccc21. The molecule has 0 spiro atoms. The normalized spacial score (nSPS) is 11.0. The first-order chi connectivity index (χ1) is 11.2. The summed E-state index contributed by atoms with van der Waals surface area (Å²) in [7, 11) is 0. The highest BCUT2D eigenvalue weighted by atomic mass is 35.5. The van der Waals surface area contributed by atoms with Crippen LogP contribution in [0.2, 0.25) is 5.02 Å². The number of halogens is 1. The lowest BCUT2D eigenvalue weighted by molar-refractivity contribution is 0.0965. The van der Waals surface area contributed by atoms with Crippen molar-refractivity contribution in [1.29, 1.82) is 0 Å². The van der Waals surface area contributed by atoms with Gasteiger partial charge in [0.2, 0.25) is 5.82 Å². The fourth-order valence-electron chi connectivity index (χ4n) is 2.50. The third-order valence-corrected chi connectivity index (χ3v) is 3.82. The highest BCUT2D eigenvalue weighted by Gasteiger charge is 2.13. The highest BCUT2D eigenvalue weighted by molar-refractivity contribution is 6.31. The molecule has 4 aromatic rings. The topological polar surface area (TPSA) is 76.5 Å². The van der Waals surface area contributed by atoms with Crippen LogP contribution in [-0.4, -0.2) is 31.1 Å². The van der Waals surface area contributed by atoms with Crippen LogP contribution >= 0.6 is 11.6 Å². The number of hydrogen-bond acceptors (Lipinski definition) is 4. The van der Waals surface area contributed by atoms with Crippen molar-refractivity contribution in [3.05, 3.63) is 65.3 Å². The Labute approximate surface area is 135 Å². The van der Waals surface area contributed by atoms with Gasteiger partial charge in [-0.25, -0.2) is 0 Å². The van der Waals surface area contributed by atoms with E-state index in [0.717, 1.165) is 16.5 Å². The van der Waals surface area contributed by atoms with Gasteiger partial charge in [-0.3, -0.25) is 9.36 Å². The van der Waals surface area contributed by atoms with Gasteiger partial charge >= 0.3 is 0 Å². The van der Waals surface area contributed by atoms with Crippen molar-refractivity contribution in [3.8, 4) is 11.4 Å². The van der Waals surface area contributed by atoms with E-state index in [9.17, 15) is 4.79 Å². The van der Waals surface area contributed by atoms with E-state index in [2.05, 4.69) is 20.6 Å². The van der Waals surface area contributed by atoms with Crippen molar-refractivity contribution in [1.82, 2.24) is 25.2 Å². The molecule has 23 heavy (non-hydrogen) atoms. The molecule has 0 unspecified atom stereocenters. The lowest BCUT2D eigenvalue weighted by atomic mass is 10.1. The second kappa shape index (κ2) is 5.33. The van der Waals surface area contributed by atoms with E-state index >= 15 is 0 Å². The number of carbonyl (C=O) groups excluding carboxylic acids is 1. The fourth-order valence-corrected chi connectivity index (χ4v) is 2.69. The Balaban J connectivity index is 1.78. The van der Waals surface area contributed by atoms with E-state index in [0.29, 0.717) is 16.4 Å². The van der Waals surface area contributed by atoms with Crippen molar-refractivity contribution < 1.29 is 4.79 Å². The molecular weight excluding hydrogens is 314 g/mol. The molecule has 2 heterocycles. The van der Waals surface area contributed by atoms with E-state index in [1.807, 2.05) is 24.3 Å². The molecule has 2 aromatic carbocycles. The molecule has 0 aliphatic carbocycles. The Morgan fingerprint density at radius 2 is 2.04 bits per heavy atom. The summed E-state index contributed by atoms with van der Waals surface area (Å²) < 4.78 is 1.60. The third kappa shape index (κ3) is 2.39. The quantitative estimate of drug-likeness (QED) is 0.614. The van der Waals surface area contributed by atoms with Gasteiger partial charge in [-0.2, -0.15) is 5.21 Å². The number of nitrogens with one attached hydrogen (secondary N) is 1. The van der Waals surface area contributed by atoms with Crippen molar-refractivity contribution in [2.75, 3.05) is 0 Å². The van der Waals surface area contributed by atoms with Gasteiger partial charge in [-0.15, -0.1) is 10.2 Å². The molecule has 4 rings (SSSR count). The van der Waals surface area contributed by atoms with Crippen LogP contribution in [0.25, 0.3) is 22.3 Å². The van der Waals surface area contributed by atoms with Gasteiger partial charge in [0, 0.05) is 27.7 Å². The van der Waals surface area contributed by atoms with Crippen LogP contribution in [0.1, 0.15) is 10.4 Å². The predicted molar refractivity (Wildman–Crippen MR) is 86.3 cm³/mol. The number of H-pyrrole nitrogens is 1. The smallest absolute Gasteiger partial charge is 0.262 e. The van der Waals surface area contributed by atoms with Gasteiger partial charge < -0.3 is 0 Å². The maximum absolute atomic E-state index is 12.7. The Morgan fingerprint density at radius 3 is 2.83 bits per heavy atom. The number of rotatable bonds is 2. The predicted octanol–water partition coefficient (Wildman–Crippen LogP) is 3.16. The number of tetrazole rings is 1. The summed E-state index contributed by atoms with van der Waals surface area (Å²) in [4.78, 5) is 12.7. The van der Waals surface area contributed by atoms with Crippen LogP contribution in [0.5, 0.6) is 0 Å². The molecule has 7 heteroatoms. The zero-order valence-electron chi connectivity index (χ0n) is 11.8. The van der Waals surface area contributed by atoms with Crippen LogP contribution in [0.15, 0.2) is 54.7 Å². The van der Waals surface area contributed by atoms with Gasteiger partial charge in [0.05, 0.1) is 5.52 Å². The van der Waals surface area contributed by atoms with Crippen LogP contribution < -0.4 is 0 Å². The minimum atomic E-state index is -0.130. The number of hydrogen-bond donors (Lipinski definition) is 1. The number of fused-ring (bicyclic) bond motifs is 1. The van der Waals surface area contributed by atoms with Gasteiger partial charge in [-0.05, 0) is 47.7 Å². The zero-order chi connectivity index (χ0) is 15.8. The van der Waals surface area contributed by atoms with Crippen LogP contribution in [0.3, 0.4) is 0 Å². The Bertz CT molecular complexity index is 1010. The maximum Gasteiger partial charge on any atom is 0.262 e. The second-order valence-corrected chi connectivity index (χ2v) is 5.45. The van der Waals surface area contributed by atoms with E-state index in [4.69, 9.17) is 11.6 Å². The molecule has 0 aliphatic rings. The molecule has 0 amide bonds. The standard InChI is InChI=1S/C16H10ClN5O/c17-13-3-1-2-12(9-13)16(23)22-7-6-10-8-11(4-5-14(10)22)15-18-20-21-19-15/h1-9H,(H,18,19,20,21). The summed E-state index contributed by atoms with van der Waals surface area (Å²) in [6.07, 6.45) is 1.74. The molecule has 0 fully saturated rings. The summed E-state index contributed by atoms with van der Waals surface area (Å²) >= 11 is 5.96. The lowest BCUT2D eigenvalue weighted by Crippen LogP contribution is -2.10. The highest BCUT2D eigenvalue weighted by Crippen LogP contribution is 2.23. The molecule has 0 aliphatic heterocycles. The fraction of sp³-hybridized carbons (Fsp3) is 0. The molecular formula is C16H10ClN5O. The van der Waals surface area contributed by atoms with E-state index in [1.165, 1.54) is 0 Å². The van der Waals surface area contributed by atoms with Crippen molar-refractivity contribution in [3.63, 3.8) is 0 Å². The Hall–Kier alpha value is -2.99. The van der Waals surface area contributed by atoms with Gasteiger partial charge in [0.15, 0.2) is 0 Å². The first-order valence-corrected chi connectivity index (χ1v) is 7.25. The minimum absolute atomic E-state index is 0.130. The Kier molecular flexibility index (Phi) is 3.17. The summed E-state index contributed by atoms with van der Waals surface area (Å²) in [6.45, 7) is 0. The number of aromatic nitrogens is 5. The van der Waals surface area contributed by atoms with Gasteiger partial charge in [-0.1, -0.05) is 17.7 Å². The molecule has 0 saturated carbocycles. The van der Waals surface area contributed by atoms with Crippen molar-refractivity contribution in [2.45, 2.75) is 0 Å². The molecule has 0 saturated heterocycles. The van der Waals surface area contributed by atoms with E-state index in [-0.39, 0.29) is 5.91 Å². The monoisotopic (exact) mass is 323 g/mol. The molecule has 112 valence electrons. The first-order valence-electron chi connectivity index (χ1n) is 6.87. The summed E-state index contributed by atoms with van der Waals surface area (Å²) in [6, 6.07) is 14.4. The maximum atomic E-state index is 12.7. The molecule has 0 bridgehead atoms. The van der Waals surface area contributed by atoms with E-state index < -0.39 is 0 Å². The van der Waals surface area contributed by atoms with E-state index in [1.54, 1.807) is 35.0 Å². The van der Waals surface area contributed by atoms with Crippen LogP contribution in [-0.2, 0) is 0 Å². The number of nitrogens with zero attached hydrogens (tertiary/aromatic N) is 4. The Morgan fingerprint density at radius 1 is 1.13 bits per heavy atom. The summed E-state index contributed by atoms with van der Waals surface area (Å²) in [5, 5.41) is 15.3. The molecule has 6 nitrogen and oxygen atoms in total. The molecule has 0 atom stereocenters. The lowest BCUT2D eigenvalue weighted by Gasteiger charge is -2.05. The minimum Gasteiger partial charge on any atom is -0.283 e. The average Bonchev–Trinajstić information content (AvgIpc) is 3.23. The van der Waals surface area contributed by atoms with Crippen LogP contribution in [0, 0.1) is 0 Å². The van der Waals surface area contributed by atoms with Crippen molar-refractivity contribution in [2.24, 2.45) is 0 Å². The average molecular weight is 324 g/mol. The first kappa shape index (κ1) is 13.7. The molecule has 1 N–H and O–H groups in total. The summed E-state index contributed by atoms with van der Waals surface area (Å²) in [5.74, 6) is 0.385. The zero-order valence-corrected chi connectivity index (χ0v) is 12.5. The second-order valence-electron chi connectivity index (χ2n) is 5.01. The van der Waals surface area contributed by atoms with Gasteiger partial charge in [0.1, 0.15) is 0 Å². The van der Waals surface area contributed by atoms with Crippen LogP contribution in [0.4, 0.5) is 0 Å². The number of aromatic amines is 1. The van der Waals surface area contributed by atoms with Gasteiger partial charge in [0.25, 0.3) is 5.91 Å².